The number of hydrogen-bond donors (Lipinski definition) is 1. The Bertz CT molecular complexity index is 1140. The Hall–Kier alpha value is -3.69. The fourth-order valence-corrected chi connectivity index (χ4v) is 4.06. The number of amides is 1. The summed E-state index contributed by atoms with van der Waals surface area (Å²) in [7, 11) is 1.39. The second-order valence-corrected chi connectivity index (χ2v) is 9.68. The van der Waals surface area contributed by atoms with Crippen LogP contribution in [0.5, 0.6) is 11.5 Å². The van der Waals surface area contributed by atoms with E-state index in [-0.39, 0.29) is 40.8 Å². The minimum atomic E-state index is -1.02. The van der Waals surface area contributed by atoms with Crippen molar-refractivity contribution in [2.24, 2.45) is 11.8 Å². The Kier molecular flexibility index (Phi) is 11.0. The highest BCUT2D eigenvalue weighted by Gasteiger charge is 2.30. The fraction of sp³-hybridized carbons (Fsp3) is 0.500. The maximum absolute atomic E-state index is 13.6. The zero-order chi connectivity index (χ0) is 28.6. The van der Waals surface area contributed by atoms with Crippen LogP contribution in [0.2, 0.25) is 0 Å². The van der Waals surface area contributed by atoms with Crippen LogP contribution in [0, 0.1) is 24.6 Å². The van der Waals surface area contributed by atoms with Crippen molar-refractivity contribution in [1.29, 1.82) is 0 Å². The molecule has 1 amide bonds. The van der Waals surface area contributed by atoms with Crippen molar-refractivity contribution >= 4 is 17.8 Å². The van der Waals surface area contributed by atoms with E-state index in [1.54, 1.807) is 26.8 Å². The van der Waals surface area contributed by atoms with Gasteiger partial charge in [0.25, 0.3) is 5.91 Å². The highest BCUT2D eigenvalue weighted by molar-refractivity contribution is 5.98. The van der Waals surface area contributed by atoms with Crippen molar-refractivity contribution in [3.8, 4) is 11.5 Å². The zero-order valence-electron chi connectivity index (χ0n) is 23.2. The number of esters is 2. The summed E-state index contributed by atoms with van der Waals surface area (Å²) in [6, 6.07) is 5.01. The van der Waals surface area contributed by atoms with Gasteiger partial charge in [0.15, 0.2) is 17.2 Å². The van der Waals surface area contributed by atoms with Crippen LogP contribution in [0.4, 0.5) is 4.39 Å². The number of halogens is 1. The molecule has 0 radical (unpaired) electrons. The molecular weight excluding hydrogens is 495 g/mol. The van der Waals surface area contributed by atoms with Crippen LogP contribution in [0.25, 0.3) is 0 Å². The van der Waals surface area contributed by atoms with E-state index in [1.807, 2.05) is 20.8 Å². The van der Waals surface area contributed by atoms with E-state index in [4.69, 9.17) is 18.9 Å². The van der Waals surface area contributed by atoms with Crippen molar-refractivity contribution in [3.63, 3.8) is 0 Å². The van der Waals surface area contributed by atoms with E-state index < -0.39 is 36.8 Å². The van der Waals surface area contributed by atoms with Crippen molar-refractivity contribution in [1.82, 2.24) is 10.3 Å². The topological polar surface area (TPSA) is 113 Å². The van der Waals surface area contributed by atoms with Gasteiger partial charge in [-0.05, 0) is 49.9 Å². The third kappa shape index (κ3) is 7.90. The van der Waals surface area contributed by atoms with Gasteiger partial charge in [-0.25, -0.2) is 14.2 Å². The number of hydrogen-bond acceptors (Lipinski definition) is 8. The van der Waals surface area contributed by atoms with Crippen molar-refractivity contribution in [3.05, 3.63) is 53.1 Å². The van der Waals surface area contributed by atoms with E-state index in [0.29, 0.717) is 0 Å². The SMILES string of the molecule is COc1ccnc(C(=O)N[C@@H](C)C(=O)OC(C)C(c2ccc(F)cc2C)C(C)C)c1OCOC(=O)C(C)C. The van der Waals surface area contributed by atoms with Gasteiger partial charge in [-0.3, -0.25) is 9.59 Å². The van der Waals surface area contributed by atoms with E-state index in [1.165, 1.54) is 38.4 Å². The van der Waals surface area contributed by atoms with Gasteiger partial charge >= 0.3 is 11.9 Å². The molecule has 0 bridgehead atoms. The summed E-state index contributed by atoms with van der Waals surface area (Å²) in [4.78, 5) is 41.7. The normalized spacial score (nSPS) is 13.4. The Labute approximate surface area is 223 Å². The summed E-state index contributed by atoms with van der Waals surface area (Å²) in [5.41, 5.74) is 1.50. The lowest BCUT2D eigenvalue weighted by Crippen LogP contribution is -2.42. The number of pyridine rings is 1. The lowest BCUT2D eigenvalue weighted by molar-refractivity contribution is -0.154. The number of aromatic nitrogens is 1. The van der Waals surface area contributed by atoms with Gasteiger partial charge in [0, 0.05) is 18.2 Å². The molecule has 3 atom stereocenters. The molecule has 1 N–H and O–H groups in total. The predicted octanol–water partition coefficient (Wildman–Crippen LogP) is 4.56. The van der Waals surface area contributed by atoms with Gasteiger partial charge in [-0.15, -0.1) is 0 Å². The van der Waals surface area contributed by atoms with Crippen LogP contribution >= 0.6 is 0 Å². The molecule has 10 heteroatoms. The third-order valence-corrected chi connectivity index (χ3v) is 6.00. The van der Waals surface area contributed by atoms with Gasteiger partial charge in [0.05, 0.1) is 13.0 Å². The van der Waals surface area contributed by atoms with Crippen LogP contribution in [-0.2, 0) is 19.1 Å². The maximum Gasteiger partial charge on any atom is 0.328 e. The van der Waals surface area contributed by atoms with E-state index in [0.717, 1.165) is 11.1 Å². The number of rotatable bonds is 12. The first-order valence-corrected chi connectivity index (χ1v) is 12.5. The molecule has 0 saturated carbocycles. The number of carbonyl (C=O) groups is 3. The van der Waals surface area contributed by atoms with Crippen LogP contribution in [0.15, 0.2) is 30.5 Å². The number of nitrogens with zero attached hydrogens (tertiary/aromatic N) is 1. The molecule has 2 unspecified atom stereocenters. The molecule has 2 aromatic rings. The summed E-state index contributed by atoms with van der Waals surface area (Å²) in [5, 5.41) is 2.57. The van der Waals surface area contributed by atoms with Crippen LogP contribution in [0.1, 0.15) is 69.1 Å². The Balaban J connectivity index is 2.13. The molecule has 9 nitrogen and oxygen atoms in total. The minimum absolute atomic E-state index is 0.0374. The largest absolute Gasteiger partial charge is 0.493 e. The summed E-state index contributed by atoms with van der Waals surface area (Å²) in [6.07, 6.45) is 0.805. The highest BCUT2D eigenvalue weighted by Crippen LogP contribution is 2.33. The number of ether oxygens (including phenoxy) is 4. The van der Waals surface area contributed by atoms with Crippen LogP contribution in [-0.4, -0.2) is 48.9 Å². The van der Waals surface area contributed by atoms with Crippen LogP contribution < -0.4 is 14.8 Å². The summed E-state index contributed by atoms with van der Waals surface area (Å²) < 4.78 is 35.1. The average molecular weight is 533 g/mol. The molecular formula is C28H37FN2O7. The molecule has 1 aromatic heterocycles. The van der Waals surface area contributed by atoms with Gasteiger partial charge in [-0.2, -0.15) is 0 Å². The fourth-order valence-electron chi connectivity index (χ4n) is 4.06. The van der Waals surface area contributed by atoms with E-state index >= 15 is 0 Å². The molecule has 0 aliphatic carbocycles. The molecule has 208 valence electrons. The number of nitrogens with one attached hydrogen (secondary N) is 1. The van der Waals surface area contributed by atoms with E-state index in [9.17, 15) is 18.8 Å². The first-order valence-electron chi connectivity index (χ1n) is 12.5. The smallest absolute Gasteiger partial charge is 0.328 e. The van der Waals surface area contributed by atoms with Crippen molar-refractivity contribution in [2.75, 3.05) is 13.9 Å². The standard InChI is InChI=1S/C28H37FN2O7/c1-15(2)23(21-10-9-20(29)13-17(21)5)19(7)38-28(34)18(6)31-26(32)24-25(22(35-8)11-12-30-24)36-14-37-27(33)16(3)4/h9-13,15-16,18-19,23H,14H2,1-8H3,(H,31,32)/t18-,19?,23?/m0/s1. The van der Waals surface area contributed by atoms with Crippen LogP contribution in [0.3, 0.4) is 0 Å². The monoisotopic (exact) mass is 532 g/mol. The number of aryl methyl sites for hydroxylation is 1. The zero-order valence-corrected chi connectivity index (χ0v) is 23.2. The molecule has 1 heterocycles. The van der Waals surface area contributed by atoms with Gasteiger partial charge in [0.1, 0.15) is 18.0 Å². The van der Waals surface area contributed by atoms with Gasteiger partial charge in [0.2, 0.25) is 6.79 Å². The lowest BCUT2D eigenvalue weighted by Gasteiger charge is -2.30. The van der Waals surface area contributed by atoms with E-state index in [2.05, 4.69) is 10.3 Å². The Morgan fingerprint density at radius 3 is 2.29 bits per heavy atom. The highest BCUT2D eigenvalue weighted by atomic mass is 19.1. The lowest BCUT2D eigenvalue weighted by atomic mass is 9.82. The predicted molar refractivity (Wildman–Crippen MR) is 138 cm³/mol. The first-order chi connectivity index (χ1) is 17.9. The Morgan fingerprint density at radius 1 is 1.03 bits per heavy atom. The third-order valence-electron chi connectivity index (χ3n) is 6.00. The quantitative estimate of drug-likeness (QED) is 0.313. The summed E-state index contributed by atoms with van der Waals surface area (Å²) in [5.74, 6) is -2.44. The molecule has 2 rings (SSSR count). The number of methoxy groups -OCH3 is 1. The average Bonchev–Trinajstić information content (AvgIpc) is 2.84. The molecule has 0 aliphatic rings. The molecule has 0 saturated heterocycles. The summed E-state index contributed by atoms with van der Waals surface area (Å²) in [6.45, 7) is 12.0. The number of carbonyl (C=O) groups excluding carboxylic acids is 3. The van der Waals surface area contributed by atoms with Gasteiger partial charge in [-0.1, -0.05) is 33.8 Å². The molecule has 0 fully saturated rings. The Morgan fingerprint density at radius 2 is 1.71 bits per heavy atom. The van der Waals surface area contributed by atoms with Gasteiger partial charge < -0.3 is 24.3 Å². The molecule has 1 aromatic carbocycles. The maximum atomic E-state index is 13.6. The number of benzene rings is 1. The minimum Gasteiger partial charge on any atom is -0.493 e. The molecule has 0 aliphatic heterocycles. The molecule has 38 heavy (non-hydrogen) atoms. The van der Waals surface area contributed by atoms with Crippen molar-refractivity contribution in [2.45, 2.75) is 66.5 Å². The van der Waals surface area contributed by atoms with Crippen molar-refractivity contribution < 1.29 is 37.7 Å². The second-order valence-electron chi connectivity index (χ2n) is 9.68. The first kappa shape index (κ1) is 30.5. The second kappa shape index (κ2) is 13.7. The molecule has 0 spiro atoms. The summed E-state index contributed by atoms with van der Waals surface area (Å²) >= 11 is 0.